The summed E-state index contributed by atoms with van der Waals surface area (Å²) in [5.41, 5.74) is 5.87. The Bertz CT molecular complexity index is 1590. The summed E-state index contributed by atoms with van der Waals surface area (Å²) in [6.07, 6.45) is 1.38. The first-order valence-electron chi connectivity index (χ1n) is 14.1. The molecule has 0 radical (unpaired) electrons. The number of ketones is 1. The van der Waals surface area contributed by atoms with Gasteiger partial charge in [-0.1, -0.05) is 98.8 Å². The smallest absolute Gasteiger partial charge is 0.232 e. The van der Waals surface area contributed by atoms with Gasteiger partial charge in [-0.15, -0.1) is 0 Å². The summed E-state index contributed by atoms with van der Waals surface area (Å²) in [7, 11) is 0. The third-order valence-corrected chi connectivity index (χ3v) is 7.81. The highest BCUT2D eigenvalue weighted by molar-refractivity contribution is 6.06. The highest BCUT2D eigenvalue weighted by Crippen LogP contribution is 2.48. The van der Waals surface area contributed by atoms with E-state index in [9.17, 15) is 9.59 Å². The number of carbonyl (C=O) groups excluding carboxylic acids is 2. The van der Waals surface area contributed by atoms with Crippen molar-refractivity contribution in [1.29, 1.82) is 0 Å². The van der Waals surface area contributed by atoms with Gasteiger partial charge in [-0.3, -0.25) is 14.5 Å². The van der Waals surface area contributed by atoms with Crippen LogP contribution in [0.3, 0.4) is 0 Å². The van der Waals surface area contributed by atoms with Crippen LogP contribution < -0.4 is 15.0 Å². The Labute approximate surface area is 241 Å². The number of nitrogens with zero attached hydrogens (tertiary/aromatic N) is 1. The molecule has 1 heterocycles. The maximum absolute atomic E-state index is 14.2. The van der Waals surface area contributed by atoms with Gasteiger partial charge in [0.2, 0.25) is 5.91 Å². The number of hydrogen-bond acceptors (Lipinski definition) is 4. The van der Waals surface area contributed by atoms with E-state index in [0.29, 0.717) is 18.6 Å². The largest absolute Gasteiger partial charge is 0.489 e. The molecule has 2 aliphatic rings. The van der Waals surface area contributed by atoms with E-state index in [-0.39, 0.29) is 23.5 Å². The number of rotatable bonds is 6. The van der Waals surface area contributed by atoms with Gasteiger partial charge < -0.3 is 10.1 Å². The molecule has 1 aliphatic carbocycles. The Morgan fingerprint density at radius 2 is 1.46 bits per heavy atom. The Kier molecular flexibility index (Phi) is 7.19. The van der Waals surface area contributed by atoms with E-state index in [1.54, 1.807) is 0 Å². The lowest BCUT2D eigenvalue weighted by Crippen LogP contribution is -2.40. The maximum Gasteiger partial charge on any atom is 0.232 e. The van der Waals surface area contributed by atoms with E-state index in [1.807, 2.05) is 114 Å². The van der Waals surface area contributed by atoms with E-state index < -0.39 is 6.04 Å². The molecule has 206 valence electrons. The Morgan fingerprint density at radius 1 is 0.829 bits per heavy atom. The summed E-state index contributed by atoms with van der Waals surface area (Å²) in [5, 5.41) is 3.59. The Hall–Kier alpha value is -4.64. The lowest BCUT2D eigenvalue weighted by atomic mass is 9.73. The minimum Gasteiger partial charge on any atom is -0.489 e. The first-order chi connectivity index (χ1) is 19.9. The minimum atomic E-state index is -0.566. The fraction of sp³-hybridized carbons (Fsp3) is 0.222. The second kappa shape index (κ2) is 11.1. The molecule has 0 saturated heterocycles. The zero-order valence-electron chi connectivity index (χ0n) is 23.5. The highest BCUT2D eigenvalue weighted by Gasteiger charge is 2.43. The monoisotopic (exact) mass is 542 g/mol. The van der Waals surface area contributed by atoms with Crippen LogP contribution in [0.25, 0.3) is 0 Å². The molecule has 5 nitrogen and oxygen atoms in total. The number of carbonyl (C=O) groups is 2. The summed E-state index contributed by atoms with van der Waals surface area (Å²) < 4.78 is 6.05. The summed E-state index contributed by atoms with van der Waals surface area (Å²) in [4.78, 5) is 30.0. The molecule has 0 aromatic heterocycles. The number of hydrogen-bond donors (Lipinski definition) is 1. The van der Waals surface area contributed by atoms with Gasteiger partial charge in [0.15, 0.2) is 5.78 Å². The fourth-order valence-electron chi connectivity index (χ4n) is 5.92. The van der Waals surface area contributed by atoms with Gasteiger partial charge in [-0.2, -0.15) is 0 Å². The quantitative estimate of drug-likeness (QED) is 0.272. The number of anilines is 2. The molecule has 0 unspecified atom stereocenters. The van der Waals surface area contributed by atoms with Crippen LogP contribution in [0.1, 0.15) is 49.4 Å². The molecule has 5 heteroatoms. The van der Waals surface area contributed by atoms with Gasteiger partial charge in [0, 0.05) is 17.7 Å². The molecular formula is C36H34N2O3. The van der Waals surface area contributed by atoms with Crippen molar-refractivity contribution in [2.45, 2.75) is 45.8 Å². The fourth-order valence-corrected chi connectivity index (χ4v) is 5.92. The van der Waals surface area contributed by atoms with E-state index in [0.717, 1.165) is 45.9 Å². The second-order valence-corrected chi connectivity index (χ2v) is 11.6. The van der Waals surface area contributed by atoms with Crippen LogP contribution in [0, 0.1) is 5.41 Å². The SMILES string of the molecule is CC1(C)CC(=O)C2=C(C1)Nc1ccccc1N(C(=O)Cc1ccccc1)[C@H]2c1ccc(OCc2ccccc2)cc1. The standard InChI is InChI=1S/C36H34N2O3/c1-36(2)22-30-34(32(39)23-36)35(27-17-19-28(20-18-27)41-24-26-13-7-4-8-14-26)38(31-16-10-9-15-29(31)37-30)33(40)21-25-11-5-3-6-12-25/h3-20,35,37H,21-24H2,1-2H3/t35-/m0/s1. The number of nitrogens with one attached hydrogen (secondary N) is 1. The lowest BCUT2D eigenvalue weighted by molar-refractivity contribution is -0.119. The Morgan fingerprint density at radius 3 is 2.17 bits per heavy atom. The van der Waals surface area contributed by atoms with Crippen LogP contribution in [0.2, 0.25) is 0 Å². The van der Waals surface area contributed by atoms with Crippen molar-refractivity contribution >= 4 is 23.1 Å². The highest BCUT2D eigenvalue weighted by atomic mass is 16.5. The zero-order chi connectivity index (χ0) is 28.4. The number of benzene rings is 4. The van der Waals surface area contributed by atoms with Gasteiger partial charge in [0.25, 0.3) is 0 Å². The van der Waals surface area contributed by atoms with Crippen molar-refractivity contribution in [2.24, 2.45) is 5.41 Å². The summed E-state index contributed by atoms with van der Waals surface area (Å²) in [6, 6.07) is 34.9. The van der Waals surface area contributed by atoms with Crippen molar-refractivity contribution in [1.82, 2.24) is 0 Å². The normalized spacial score (nSPS) is 17.7. The van der Waals surface area contributed by atoms with E-state index in [2.05, 4.69) is 19.2 Å². The van der Waals surface area contributed by atoms with Crippen molar-refractivity contribution in [2.75, 3.05) is 10.2 Å². The third kappa shape index (κ3) is 5.66. The van der Waals surface area contributed by atoms with Crippen molar-refractivity contribution < 1.29 is 14.3 Å². The molecule has 1 atom stereocenters. The number of amides is 1. The number of ether oxygens (including phenoxy) is 1. The van der Waals surface area contributed by atoms with Crippen LogP contribution >= 0.6 is 0 Å². The molecule has 0 spiro atoms. The number of Topliss-reactive ketones (excluding diaryl/α,β-unsaturated/α-hetero) is 1. The first kappa shape index (κ1) is 26.6. The molecular weight excluding hydrogens is 508 g/mol. The van der Waals surface area contributed by atoms with Crippen molar-refractivity contribution in [3.8, 4) is 5.75 Å². The molecule has 1 N–H and O–H groups in total. The summed E-state index contributed by atoms with van der Waals surface area (Å²) in [6.45, 7) is 4.71. The number of para-hydroxylation sites is 2. The predicted octanol–water partition coefficient (Wildman–Crippen LogP) is 7.65. The van der Waals surface area contributed by atoms with Gasteiger partial charge in [0.05, 0.1) is 23.8 Å². The van der Waals surface area contributed by atoms with Crippen LogP contribution in [0.4, 0.5) is 11.4 Å². The summed E-state index contributed by atoms with van der Waals surface area (Å²) >= 11 is 0. The van der Waals surface area contributed by atoms with Gasteiger partial charge in [-0.25, -0.2) is 0 Å². The van der Waals surface area contributed by atoms with Crippen molar-refractivity contribution in [3.05, 3.63) is 137 Å². The molecule has 4 aromatic rings. The molecule has 41 heavy (non-hydrogen) atoms. The molecule has 0 bridgehead atoms. The average molecular weight is 543 g/mol. The number of allylic oxidation sites excluding steroid dienone is 1. The van der Waals surface area contributed by atoms with Gasteiger partial charge in [-0.05, 0) is 52.8 Å². The van der Waals surface area contributed by atoms with Gasteiger partial charge >= 0.3 is 0 Å². The third-order valence-electron chi connectivity index (χ3n) is 7.81. The van der Waals surface area contributed by atoms with Crippen LogP contribution in [-0.4, -0.2) is 11.7 Å². The molecule has 0 fully saturated rings. The van der Waals surface area contributed by atoms with Crippen LogP contribution in [-0.2, 0) is 22.6 Å². The average Bonchev–Trinajstić information content (AvgIpc) is 3.11. The van der Waals surface area contributed by atoms with Gasteiger partial charge in [0.1, 0.15) is 12.4 Å². The molecule has 0 saturated carbocycles. The lowest BCUT2D eigenvalue weighted by Gasteiger charge is -2.37. The molecule has 6 rings (SSSR count). The van der Waals surface area contributed by atoms with Crippen LogP contribution in [0.15, 0.2) is 120 Å². The molecule has 4 aromatic carbocycles. The topological polar surface area (TPSA) is 58.6 Å². The minimum absolute atomic E-state index is 0.0637. The summed E-state index contributed by atoms with van der Waals surface area (Å²) in [5.74, 6) is 0.743. The Balaban J connectivity index is 1.43. The van der Waals surface area contributed by atoms with Crippen molar-refractivity contribution in [3.63, 3.8) is 0 Å². The zero-order valence-corrected chi connectivity index (χ0v) is 23.5. The van der Waals surface area contributed by atoms with Crippen LogP contribution in [0.5, 0.6) is 5.75 Å². The predicted molar refractivity (Wildman–Crippen MR) is 163 cm³/mol. The maximum atomic E-state index is 14.2. The van der Waals surface area contributed by atoms with E-state index in [4.69, 9.17) is 4.74 Å². The van der Waals surface area contributed by atoms with E-state index in [1.165, 1.54) is 0 Å². The first-order valence-corrected chi connectivity index (χ1v) is 14.1. The number of fused-ring (bicyclic) bond motifs is 1. The van der Waals surface area contributed by atoms with E-state index >= 15 is 0 Å². The second-order valence-electron chi connectivity index (χ2n) is 11.6. The molecule has 1 amide bonds. The molecule has 1 aliphatic heterocycles.